The van der Waals surface area contributed by atoms with Crippen molar-refractivity contribution in [2.45, 2.75) is 126 Å². The summed E-state index contributed by atoms with van der Waals surface area (Å²) in [4.78, 5) is 33.8. The number of benzene rings is 1. The Labute approximate surface area is 261 Å². The van der Waals surface area contributed by atoms with Crippen LogP contribution in [0.2, 0.25) is 0 Å². The first-order valence-corrected chi connectivity index (χ1v) is 16.3. The molecule has 1 aromatic carbocycles. The zero-order chi connectivity index (χ0) is 29.5. The number of urea groups is 1. The monoisotopic (exact) mass is 622 g/mol. The van der Waals surface area contributed by atoms with Gasteiger partial charge >= 0.3 is 6.03 Å². The van der Waals surface area contributed by atoms with E-state index in [4.69, 9.17) is 4.74 Å². The largest absolute Gasteiger partial charge is 0.376 e. The van der Waals surface area contributed by atoms with Gasteiger partial charge in [0.25, 0.3) is 0 Å². The zero-order valence-corrected chi connectivity index (χ0v) is 26.5. The van der Waals surface area contributed by atoms with Gasteiger partial charge in [-0.2, -0.15) is 0 Å². The Kier molecular flexibility index (Phi) is 9.94. The van der Waals surface area contributed by atoms with Gasteiger partial charge in [0, 0.05) is 63.1 Å². The average Bonchev–Trinajstić information content (AvgIpc) is 3.63. The maximum Gasteiger partial charge on any atom is 0.320 e. The van der Waals surface area contributed by atoms with Gasteiger partial charge < -0.3 is 19.9 Å². The average molecular weight is 623 g/mol. The molecule has 1 saturated carbocycles. The summed E-state index contributed by atoms with van der Waals surface area (Å²) in [7, 11) is 0. The van der Waals surface area contributed by atoms with Crippen molar-refractivity contribution < 1.29 is 23.1 Å². The second kappa shape index (κ2) is 13.2. The smallest absolute Gasteiger partial charge is 0.320 e. The lowest BCUT2D eigenvalue weighted by Gasteiger charge is -2.49. The number of carbonyl (C=O) groups excluding carboxylic acids is 2. The van der Waals surface area contributed by atoms with E-state index in [0.717, 1.165) is 70.2 Å². The number of carbonyl (C=O) groups is 2. The highest BCUT2D eigenvalue weighted by atomic mass is 35.5. The van der Waals surface area contributed by atoms with Crippen LogP contribution in [0.1, 0.15) is 96.1 Å². The Balaban J connectivity index is 0.00000368. The van der Waals surface area contributed by atoms with Crippen molar-refractivity contribution in [2.24, 2.45) is 5.92 Å². The lowest BCUT2D eigenvalue weighted by atomic mass is 9.81. The van der Waals surface area contributed by atoms with Crippen LogP contribution in [0.3, 0.4) is 0 Å². The van der Waals surface area contributed by atoms with Crippen LogP contribution in [0.4, 0.5) is 13.6 Å². The van der Waals surface area contributed by atoms with Gasteiger partial charge in [0.2, 0.25) is 11.8 Å². The highest BCUT2D eigenvalue weighted by Crippen LogP contribution is 2.48. The second-order valence-corrected chi connectivity index (χ2v) is 13.9. The van der Waals surface area contributed by atoms with Crippen molar-refractivity contribution in [2.75, 3.05) is 26.2 Å². The predicted octanol–water partition coefficient (Wildman–Crippen LogP) is 6.17. The highest BCUT2D eigenvalue weighted by molar-refractivity contribution is 5.85. The van der Waals surface area contributed by atoms with E-state index in [1.165, 1.54) is 0 Å². The number of amides is 3. The van der Waals surface area contributed by atoms with Crippen LogP contribution in [0.5, 0.6) is 0 Å². The topological polar surface area (TPSA) is 65.1 Å². The number of ether oxygens (including phenoxy) is 1. The van der Waals surface area contributed by atoms with Crippen molar-refractivity contribution in [3.8, 4) is 0 Å². The third-order valence-electron chi connectivity index (χ3n) is 10.7. The van der Waals surface area contributed by atoms with Crippen molar-refractivity contribution in [1.29, 1.82) is 0 Å². The summed E-state index contributed by atoms with van der Waals surface area (Å²) in [6.45, 7) is 7.43. The predicted molar refractivity (Wildman–Crippen MR) is 164 cm³/mol. The first kappa shape index (κ1) is 32.4. The van der Waals surface area contributed by atoms with E-state index in [1.807, 2.05) is 30.3 Å². The van der Waals surface area contributed by atoms with Crippen molar-refractivity contribution in [1.82, 2.24) is 20.0 Å². The van der Waals surface area contributed by atoms with Crippen LogP contribution >= 0.6 is 12.4 Å². The SMILES string of the molecule is CC(C)N1C(=O)N(CC2CCCO2)CC12CC1CCC(C2)N1CC[C@H](NC(=O)C1CCC(F)(F)CC1)c1ccccc1.Cl. The number of hydrogen-bond donors (Lipinski definition) is 1. The third-order valence-corrected chi connectivity index (χ3v) is 10.7. The Bertz CT molecular complexity index is 1090. The molecule has 1 aliphatic carbocycles. The lowest BCUT2D eigenvalue weighted by Crippen LogP contribution is -2.60. The van der Waals surface area contributed by atoms with Crippen LogP contribution in [0.15, 0.2) is 30.3 Å². The maximum atomic E-state index is 13.7. The van der Waals surface area contributed by atoms with Crippen molar-refractivity contribution in [3.05, 3.63) is 35.9 Å². The summed E-state index contributed by atoms with van der Waals surface area (Å²) in [6.07, 6.45) is 7.34. The van der Waals surface area contributed by atoms with Gasteiger partial charge in [-0.25, -0.2) is 13.6 Å². The van der Waals surface area contributed by atoms with Crippen LogP contribution < -0.4 is 5.32 Å². The number of hydrogen-bond acceptors (Lipinski definition) is 4. The van der Waals surface area contributed by atoms with Crippen LogP contribution in [0, 0.1) is 5.92 Å². The molecule has 1 spiro atoms. The molecule has 4 aliphatic heterocycles. The highest BCUT2D eigenvalue weighted by Gasteiger charge is 2.58. The summed E-state index contributed by atoms with van der Waals surface area (Å²) in [5, 5.41) is 3.25. The second-order valence-electron chi connectivity index (χ2n) is 13.9. The molecule has 5 aliphatic rings. The van der Waals surface area contributed by atoms with Gasteiger partial charge in [-0.05, 0) is 77.2 Å². The molecule has 6 rings (SSSR count). The first-order valence-electron chi connectivity index (χ1n) is 16.3. The van der Waals surface area contributed by atoms with Gasteiger partial charge in [0.05, 0.1) is 17.7 Å². The van der Waals surface area contributed by atoms with Gasteiger partial charge in [-0.3, -0.25) is 9.69 Å². The fourth-order valence-electron chi connectivity index (χ4n) is 8.78. The van der Waals surface area contributed by atoms with Crippen molar-refractivity contribution >= 4 is 24.3 Å². The Hall–Kier alpha value is -1.97. The fraction of sp³-hybridized carbons (Fsp3) is 0.758. The Morgan fingerprint density at radius 3 is 2.33 bits per heavy atom. The van der Waals surface area contributed by atoms with Crippen LogP contribution in [-0.4, -0.2) is 88.6 Å². The fourth-order valence-corrected chi connectivity index (χ4v) is 8.78. The van der Waals surface area contributed by atoms with E-state index >= 15 is 0 Å². The van der Waals surface area contributed by atoms with Gasteiger partial charge in [-0.1, -0.05) is 30.3 Å². The Morgan fingerprint density at radius 1 is 1.05 bits per heavy atom. The maximum absolute atomic E-state index is 13.7. The summed E-state index contributed by atoms with van der Waals surface area (Å²) in [6, 6.07) is 11.0. The molecule has 2 bridgehead atoms. The van der Waals surface area contributed by atoms with E-state index in [-0.39, 0.29) is 79.7 Å². The molecular weight excluding hydrogens is 574 g/mol. The number of alkyl halides is 2. The van der Waals surface area contributed by atoms with E-state index < -0.39 is 5.92 Å². The number of piperidine rings is 1. The minimum atomic E-state index is -2.64. The summed E-state index contributed by atoms with van der Waals surface area (Å²) in [5.41, 5.74) is 0.924. The van der Waals surface area contributed by atoms with Gasteiger partial charge in [0.1, 0.15) is 0 Å². The number of halogens is 3. The van der Waals surface area contributed by atoms with Gasteiger partial charge in [-0.15, -0.1) is 12.4 Å². The molecule has 10 heteroatoms. The van der Waals surface area contributed by atoms with Crippen LogP contribution in [-0.2, 0) is 9.53 Å². The molecule has 3 amide bonds. The molecule has 7 nitrogen and oxygen atoms in total. The summed E-state index contributed by atoms with van der Waals surface area (Å²) < 4.78 is 33.3. The molecule has 4 heterocycles. The number of rotatable bonds is 9. The molecule has 0 aromatic heterocycles. The standard InChI is InChI=1S/C33H48F2N4O3.ClH/c1-23(2)39-31(41)37(21-28-9-6-18-42-28)22-32(39)19-26-10-11-27(20-32)38(26)17-14-29(24-7-4-3-5-8-24)36-30(40)25-12-15-33(34,35)16-13-25;/h3-5,7-8,23,25-29H,6,9-22H2,1-2H3,(H,36,40);1H/t26?,27?,28?,29-,32?;/m0./s1. The number of fused-ring (bicyclic) bond motifs is 2. The lowest BCUT2D eigenvalue weighted by molar-refractivity contribution is -0.130. The van der Waals surface area contributed by atoms with Gasteiger partial charge in [0.15, 0.2) is 0 Å². The summed E-state index contributed by atoms with van der Waals surface area (Å²) in [5.74, 6) is -3.08. The molecule has 1 N–H and O–H groups in total. The van der Waals surface area contributed by atoms with Crippen LogP contribution in [0.25, 0.3) is 0 Å². The van der Waals surface area contributed by atoms with E-state index in [2.05, 4.69) is 33.9 Å². The zero-order valence-electron chi connectivity index (χ0n) is 25.7. The molecule has 0 radical (unpaired) electrons. The number of nitrogens with zero attached hydrogens (tertiary/aromatic N) is 3. The molecule has 4 saturated heterocycles. The molecule has 5 fully saturated rings. The quantitative estimate of drug-likeness (QED) is 0.358. The molecule has 1 aromatic rings. The molecule has 43 heavy (non-hydrogen) atoms. The summed E-state index contributed by atoms with van der Waals surface area (Å²) >= 11 is 0. The Morgan fingerprint density at radius 2 is 1.72 bits per heavy atom. The van der Waals surface area contributed by atoms with E-state index in [0.29, 0.717) is 18.6 Å². The van der Waals surface area contributed by atoms with E-state index in [1.54, 1.807) is 0 Å². The molecule has 240 valence electrons. The number of nitrogens with one attached hydrogen (secondary N) is 1. The minimum Gasteiger partial charge on any atom is -0.376 e. The normalized spacial score (nSPS) is 31.6. The molecular formula is C33H49ClF2N4O3. The van der Waals surface area contributed by atoms with Crippen molar-refractivity contribution in [3.63, 3.8) is 0 Å². The minimum absolute atomic E-state index is 0. The van der Waals surface area contributed by atoms with E-state index in [9.17, 15) is 18.4 Å². The first-order chi connectivity index (χ1) is 20.1. The molecule has 4 atom stereocenters. The third kappa shape index (κ3) is 6.84. The molecule has 3 unspecified atom stereocenters.